The van der Waals surface area contributed by atoms with Gasteiger partial charge >= 0.3 is 12.1 Å². The Hall–Kier alpha value is -3.81. The van der Waals surface area contributed by atoms with Gasteiger partial charge in [-0.2, -0.15) is 0 Å². The maximum Gasteiger partial charge on any atom is 0.513 e. The van der Waals surface area contributed by atoms with Gasteiger partial charge in [-0.15, -0.1) is 0 Å². The quantitative estimate of drug-likeness (QED) is 0.595. The first-order valence-electron chi connectivity index (χ1n) is 9.74. The van der Waals surface area contributed by atoms with Gasteiger partial charge in [0.05, 0.1) is 12.1 Å². The molecule has 1 aliphatic heterocycles. The van der Waals surface area contributed by atoms with Crippen LogP contribution in [0.1, 0.15) is 48.0 Å². The molecule has 0 radical (unpaired) electrons. The first-order chi connectivity index (χ1) is 14.7. The summed E-state index contributed by atoms with van der Waals surface area (Å²) in [7, 11) is 0. The molecule has 0 fully saturated rings. The minimum absolute atomic E-state index is 0.0491. The smallest absolute Gasteiger partial charge is 0.488 e. The lowest BCUT2D eigenvalue weighted by atomic mass is 9.93. The van der Waals surface area contributed by atoms with Gasteiger partial charge in [0, 0.05) is 34.5 Å². The molecular formula is C23H22N2O6. The van der Waals surface area contributed by atoms with E-state index in [9.17, 15) is 9.59 Å². The predicted molar refractivity (Wildman–Crippen MR) is 111 cm³/mol. The first-order valence-corrected chi connectivity index (χ1v) is 9.74. The zero-order chi connectivity index (χ0) is 22.2. The highest BCUT2D eigenvalue weighted by molar-refractivity contribution is 5.95. The van der Waals surface area contributed by atoms with Crippen molar-refractivity contribution in [1.29, 1.82) is 0 Å². The highest BCUT2D eigenvalue weighted by Gasteiger charge is 2.24. The third-order valence-corrected chi connectivity index (χ3v) is 4.95. The second-order valence-corrected chi connectivity index (χ2v) is 8.26. The van der Waals surface area contributed by atoms with Crippen LogP contribution in [0.2, 0.25) is 0 Å². The van der Waals surface area contributed by atoms with Crippen molar-refractivity contribution >= 4 is 12.1 Å². The van der Waals surface area contributed by atoms with Crippen LogP contribution in [0.4, 0.5) is 4.79 Å². The summed E-state index contributed by atoms with van der Waals surface area (Å²) in [6.45, 7) is 6.23. The van der Waals surface area contributed by atoms with E-state index in [0.29, 0.717) is 29.2 Å². The van der Waals surface area contributed by atoms with Gasteiger partial charge in [-0.3, -0.25) is 9.78 Å². The Morgan fingerprint density at radius 3 is 2.74 bits per heavy atom. The number of carbonyl (C=O) groups excluding carboxylic acids is 1. The van der Waals surface area contributed by atoms with Crippen LogP contribution >= 0.6 is 0 Å². The van der Waals surface area contributed by atoms with Crippen LogP contribution < -0.4 is 14.8 Å². The Morgan fingerprint density at radius 1 is 1.19 bits per heavy atom. The number of nitrogens with zero attached hydrogens (tertiary/aromatic N) is 1. The Kier molecular flexibility index (Phi) is 5.14. The molecule has 0 saturated carbocycles. The molecule has 4 rings (SSSR count). The number of hydrogen-bond acceptors (Lipinski definition) is 6. The van der Waals surface area contributed by atoms with Crippen LogP contribution in [0.5, 0.6) is 11.7 Å². The minimum atomic E-state index is -1.48. The summed E-state index contributed by atoms with van der Waals surface area (Å²) < 4.78 is 16.1. The summed E-state index contributed by atoms with van der Waals surface area (Å²) in [5, 5.41) is 11.7. The number of furan rings is 1. The largest absolute Gasteiger partial charge is 0.513 e. The van der Waals surface area contributed by atoms with Gasteiger partial charge in [0.1, 0.15) is 18.1 Å². The van der Waals surface area contributed by atoms with Crippen molar-refractivity contribution in [3.8, 4) is 22.8 Å². The molecular weight excluding hydrogens is 400 g/mol. The van der Waals surface area contributed by atoms with Gasteiger partial charge < -0.3 is 24.3 Å². The zero-order valence-corrected chi connectivity index (χ0v) is 17.4. The number of aromatic nitrogens is 1. The summed E-state index contributed by atoms with van der Waals surface area (Å²) >= 11 is 0. The number of amides is 1. The van der Waals surface area contributed by atoms with Crippen LogP contribution in [0.15, 0.2) is 47.1 Å². The predicted octanol–water partition coefficient (Wildman–Crippen LogP) is 4.52. The molecule has 1 amide bonds. The summed E-state index contributed by atoms with van der Waals surface area (Å²) in [6, 6.07) is 8.87. The van der Waals surface area contributed by atoms with E-state index in [1.54, 1.807) is 30.6 Å². The second-order valence-electron chi connectivity index (χ2n) is 8.26. The Labute approximate surface area is 178 Å². The van der Waals surface area contributed by atoms with Crippen molar-refractivity contribution in [1.82, 2.24) is 10.3 Å². The van der Waals surface area contributed by atoms with Crippen molar-refractivity contribution in [3.05, 3.63) is 65.2 Å². The number of pyridine rings is 1. The molecule has 2 N–H and O–H groups in total. The maximum atomic E-state index is 12.7. The number of ether oxygens (including phenoxy) is 2. The number of benzene rings is 1. The lowest BCUT2D eigenvalue weighted by Gasteiger charge is -2.20. The standard InChI is InChI=1S/C23H22N2O6/c1-23(2,3)19-9-14(21(30-19)31-22(27)28)11-25-20(26)13-4-5-17-16-6-7-24-10-15(16)12-29-18(17)8-13/h4-10H,11-12H2,1-3H3,(H,25,26)(H,27,28). The SMILES string of the molecule is CC(C)(C)c1cc(CNC(=O)c2ccc3c(c2)OCc2cnccc2-3)c(OC(=O)O)o1. The lowest BCUT2D eigenvalue weighted by molar-refractivity contribution is 0.0950. The normalized spacial score (nSPS) is 12.4. The van der Waals surface area contributed by atoms with Crippen LogP contribution in [-0.4, -0.2) is 22.2 Å². The average molecular weight is 422 g/mol. The number of fused-ring (bicyclic) bond motifs is 3. The zero-order valence-electron chi connectivity index (χ0n) is 17.4. The lowest BCUT2D eigenvalue weighted by Crippen LogP contribution is -2.23. The van der Waals surface area contributed by atoms with Crippen molar-refractivity contribution in [2.45, 2.75) is 39.3 Å². The monoisotopic (exact) mass is 422 g/mol. The third-order valence-electron chi connectivity index (χ3n) is 4.95. The molecule has 2 aromatic heterocycles. The molecule has 0 bridgehead atoms. The van der Waals surface area contributed by atoms with Gasteiger partial charge in [0.15, 0.2) is 0 Å². The number of hydrogen-bond donors (Lipinski definition) is 2. The Morgan fingerprint density at radius 2 is 2.00 bits per heavy atom. The molecule has 0 spiro atoms. The van der Waals surface area contributed by atoms with E-state index in [4.69, 9.17) is 19.0 Å². The fourth-order valence-electron chi connectivity index (χ4n) is 3.31. The first kappa shape index (κ1) is 20.5. The highest BCUT2D eigenvalue weighted by Crippen LogP contribution is 2.37. The maximum absolute atomic E-state index is 12.7. The van der Waals surface area contributed by atoms with Gasteiger partial charge in [0.2, 0.25) is 0 Å². The number of carboxylic acid groups (broad SMARTS) is 1. The molecule has 8 nitrogen and oxygen atoms in total. The minimum Gasteiger partial charge on any atom is -0.488 e. The molecule has 1 aromatic carbocycles. The topological polar surface area (TPSA) is 111 Å². The van der Waals surface area contributed by atoms with Gasteiger partial charge in [-0.25, -0.2) is 4.79 Å². The summed E-state index contributed by atoms with van der Waals surface area (Å²) in [6.07, 6.45) is 2.01. The third kappa shape index (κ3) is 4.23. The average Bonchev–Trinajstić information content (AvgIpc) is 3.14. The molecule has 0 saturated heterocycles. The fourth-order valence-corrected chi connectivity index (χ4v) is 3.31. The summed E-state index contributed by atoms with van der Waals surface area (Å²) in [4.78, 5) is 27.8. The number of nitrogens with one attached hydrogen (secondary N) is 1. The summed E-state index contributed by atoms with van der Waals surface area (Å²) in [5.74, 6) is 0.714. The molecule has 1 aliphatic rings. The van der Waals surface area contributed by atoms with E-state index < -0.39 is 6.16 Å². The van der Waals surface area contributed by atoms with Gasteiger partial charge in [-0.05, 0) is 35.9 Å². The van der Waals surface area contributed by atoms with Crippen molar-refractivity contribution in [3.63, 3.8) is 0 Å². The molecule has 0 unspecified atom stereocenters. The summed E-state index contributed by atoms with van der Waals surface area (Å²) in [5.41, 5.74) is 3.45. The molecule has 160 valence electrons. The Balaban J connectivity index is 1.52. The molecule has 0 atom stereocenters. The molecule has 31 heavy (non-hydrogen) atoms. The van der Waals surface area contributed by atoms with Crippen LogP contribution in [0.3, 0.4) is 0 Å². The molecule has 3 aromatic rings. The van der Waals surface area contributed by atoms with Crippen molar-refractivity contribution in [2.75, 3.05) is 0 Å². The molecule has 8 heteroatoms. The van der Waals surface area contributed by atoms with Crippen molar-refractivity contribution < 1.29 is 28.6 Å². The Bertz CT molecular complexity index is 1160. The van der Waals surface area contributed by atoms with E-state index >= 15 is 0 Å². The van der Waals surface area contributed by atoms with E-state index in [2.05, 4.69) is 10.3 Å². The van der Waals surface area contributed by atoms with Crippen molar-refractivity contribution in [2.24, 2.45) is 0 Å². The van der Waals surface area contributed by atoms with E-state index in [0.717, 1.165) is 16.7 Å². The molecule has 3 heterocycles. The van der Waals surface area contributed by atoms with Crippen LogP contribution in [0.25, 0.3) is 11.1 Å². The number of carbonyl (C=O) groups is 2. The second kappa shape index (κ2) is 7.79. The fraction of sp³-hybridized carbons (Fsp3) is 0.261. The van der Waals surface area contributed by atoms with E-state index in [1.165, 1.54) is 0 Å². The molecule has 0 aliphatic carbocycles. The van der Waals surface area contributed by atoms with E-state index in [1.807, 2.05) is 32.9 Å². The van der Waals surface area contributed by atoms with Crippen LogP contribution in [0, 0.1) is 0 Å². The van der Waals surface area contributed by atoms with Gasteiger partial charge in [0.25, 0.3) is 5.91 Å². The highest BCUT2D eigenvalue weighted by atomic mass is 16.7. The van der Waals surface area contributed by atoms with E-state index in [-0.39, 0.29) is 23.8 Å². The van der Waals surface area contributed by atoms with Gasteiger partial charge in [-0.1, -0.05) is 20.8 Å². The number of rotatable bonds is 4. The van der Waals surface area contributed by atoms with Crippen LogP contribution in [-0.2, 0) is 18.6 Å².